The van der Waals surface area contributed by atoms with Gasteiger partial charge in [-0.15, -0.1) is 0 Å². The topological polar surface area (TPSA) is 137 Å². The van der Waals surface area contributed by atoms with Crippen LogP contribution in [0.5, 0.6) is 0 Å². The average Bonchev–Trinajstić information content (AvgIpc) is 3.36. The number of ether oxygens (including phenoxy) is 7. The van der Waals surface area contributed by atoms with Crippen molar-refractivity contribution in [1.29, 1.82) is 0 Å². The Bertz CT molecular complexity index is 2240. The van der Waals surface area contributed by atoms with Gasteiger partial charge in [-0.05, 0) is 46.1 Å². The number of benzene rings is 6. The van der Waals surface area contributed by atoms with Gasteiger partial charge in [-0.25, -0.2) is 0 Å². The molecule has 4 N–H and O–H groups in total. The number of rotatable bonds is 20. The molecule has 12 heteroatoms. The SMILES string of the molecule is CO[C@H]1O[C@H](COCc2ccccc2)[C@@H](O[C@@H]2O[C@H](CO)[C@@H](O)[C@H](O)[C@H]2NCc2ccccc2P(c2ccccc2)c2ccccc2)[C@H](OCc2ccccc2)[C@H]1OCc1ccccc1. The fourth-order valence-corrected chi connectivity index (χ4v) is 10.9. The second kappa shape index (κ2) is 23.7. The zero-order valence-electron chi connectivity index (χ0n) is 36.4. The first-order chi connectivity index (χ1) is 32.0. The van der Waals surface area contributed by atoms with Gasteiger partial charge in [0, 0.05) is 13.7 Å². The maximum Gasteiger partial charge on any atom is 0.186 e. The molecule has 0 saturated carbocycles. The van der Waals surface area contributed by atoms with Gasteiger partial charge >= 0.3 is 0 Å². The molecule has 0 bridgehead atoms. The fraction of sp³-hybridized carbons (Fsp3) is 0.321. The third-order valence-electron chi connectivity index (χ3n) is 11.7. The number of aliphatic hydroxyl groups is 3. The molecule has 2 aliphatic heterocycles. The Morgan fingerprint density at radius 3 is 1.58 bits per heavy atom. The zero-order valence-corrected chi connectivity index (χ0v) is 37.3. The van der Waals surface area contributed by atoms with E-state index in [2.05, 4.69) is 66.0 Å². The minimum Gasteiger partial charge on any atom is -0.394 e. The lowest BCUT2D eigenvalue weighted by Gasteiger charge is -2.49. The van der Waals surface area contributed by atoms with Crippen LogP contribution in [0.2, 0.25) is 0 Å². The molecule has 0 aromatic heterocycles. The van der Waals surface area contributed by atoms with Gasteiger partial charge in [-0.2, -0.15) is 0 Å². The van der Waals surface area contributed by atoms with Crippen molar-refractivity contribution in [3.05, 3.63) is 198 Å². The van der Waals surface area contributed by atoms with Gasteiger partial charge in [-0.1, -0.05) is 176 Å². The fourth-order valence-electron chi connectivity index (χ4n) is 8.39. The Hall–Kier alpha value is -4.69. The van der Waals surface area contributed by atoms with E-state index in [1.165, 1.54) is 10.6 Å². The summed E-state index contributed by atoms with van der Waals surface area (Å²) in [6.07, 6.45) is -9.44. The van der Waals surface area contributed by atoms with Gasteiger partial charge in [0.25, 0.3) is 0 Å². The quantitative estimate of drug-likeness (QED) is 0.0726. The highest BCUT2D eigenvalue weighted by molar-refractivity contribution is 7.79. The van der Waals surface area contributed by atoms with Crippen molar-refractivity contribution in [2.24, 2.45) is 0 Å². The lowest BCUT2D eigenvalue weighted by molar-refractivity contribution is -0.356. The third kappa shape index (κ3) is 12.0. The van der Waals surface area contributed by atoms with Gasteiger partial charge in [-0.3, -0.25) is 0 Å². The third-order valence-corrected chi connectivity index (χ3v) is 14.3. The van der Waals surface area contributed by atoms with E-state index in [-0.39, 0.29) is 19.8 Å². The lowest BCUT2D eigenvalue weighted by atomic mass is 9.95. The summed E-state index contributed by atoms with van der Waals surface area (Å²) in [6, 6.07) is 57.7. The van der Waals surface area contributed by atoms with E-state index in [0.29, 0.717) is 13.2 Å². The van der Waals surface area contributed by atoms with E-state index in [4.69, 9.17) is 33.2 Å². The first-order valence-corrected chi connectivity index (χ1v) is 23.4. The van der Waals surface area contributed by atoms with Gasteiger partial charge in [0.05, 0.1) is 39.1 Å². The Morgan fingerprint density at radius 2 is 1.03 bits per heavy atom. The average molecular weight is 900 g/mol. The van der Waals surface area contributed by atoms with Crippen LogP contribution in [0, 0.1) is 0 Å². The highest BCUT2D eigenvalue weighted by Gasteiger charge is 2.53. The molecule has 2 fully saturated rings. The largest absolute Gasteiger partial charge is 0.394 e. The maximum absolute atomic E-state index is 11.9. The number of aliphatic hydroxyl groups excluding tert-OH is 3. The van der Waals surface area contributed by atoms with E-state index in [9.17, 15) is 15.3 Å². The first kappa shape index (κ1) is 46.8. The molecular weight excluding hydrogens is 842 g/mol. The molecule has 0 radical (unpaired) electrons. The molecule has 0 aliphatic carbocycles. The highest BCUT2D eigenvalue weighted by Crippen LogP contribution is 2.36. The molecule has 0 spiro atoms. The maximum atomic E-state index is 11.9. The van der Waals surface area contributed by atoms with Gasteiger partial charge in [0.1, 0.15) is 42.7 Å². The molecule has 10 atom stereocenters. The minimum atomic E-state index is -1.42. The molecular formula is C53H58NO10P. The van der Waals surface area contributed by atoms with Crippen LogP contribution in [-0.4, -0.2) is 97.0 Å². The van der Waals surface area contributed by atoms with Crippen molar-refractivity contribution in [3.63, 3.8) is 0 Å². The van der Waals surface area contributed by atoms with Gasteiger partial charge < -0.3 is 53.8 Å². The van der Waals surface area contributed by atoms with E-state index in [1.54, 1.807) is 7.11 Å². The summed E-state index contributed by atoms with van der Waals surface area (Å²) in [5.74, 6) is 0. The van der Waals surface area contributed by atoms with Crippen molar-refractivity contribution in [1.82, 2.24) is 5.32 Å². The minimum absolute atomic E-state index is 0.0747. The molecule has 0 amide bonds. The van der Waals surface area contributed by atoms with Crippen molar-refractivity contribution in [3.8, 4) is 0 Å². The number of hydrogen-bond donors (Lipinski definition) is 4. The highest BCUT2D eigenvalue weighted by atomic mass is 31.1. The Morgan fingerprint density at radius 1 is 0.538 bits per heavy atom. The first-order valence-electron chi connectivity index (χ1n) is 22.1. The molecule has 2 aliphatic rings. The lowest BCUT2D eigenvalue weighted by Crippen LogP contribution is -2.67. The Labute approximate surface area is 382 Å². The van der Waals surface area contributed by atoms with Crippen LogP contribution in [0.4, 0.5) is 0 Å². The molecule has 2 heterocycles. The van der Waals surface area contributed by atoms with Gasteiger partial charge in [0.15, 0.2) is 12.6 Å². The predicted octanol–water partition coefficient (Wildman–Crippen LogP) is 5.49. The van der Waals surface area contributed by atoms with Crippen LogP contribution in [0.3, 0.4) is 0 Å². The van der Waals surface area contributed by atoms with E-state index < -0.39 is 75.9 Å². The summed E-state index contributed by atoms with van der Waals surface area (Å²) in [7, 11) is 0.602. The summed E-state index contributed by atoms with van der Waals surface area (Å²) in [4.78, 5) is 0. The number of nitrogens with one attached hydrogen (secondary N) is 1. The second-order valence-electron chi connectivity index (χ2n) is 16.2. The summed E-state index contributed by atoms with van der Waals surface area (Å²) in [5, 5.41) is 40.8. The second-order valence-corrected chi connectivity index (χ2v) is 18.3. The Kier molecular flexibility index (Phi) is 17.0. The number of hydrogen-bond acceptors (Lipinski definition) is 11. The standard InChI is InChI=1S/C53H58NO10P/c1-58-53-51(61-35-39-23-11-4-12-24-39)50(60-34-38-21-9-3-10-22-38)49(44(63-53)36-59-33-37-19-7-2-8-20-37)64-52-46(48(57)47(56)43(32-55)62-52)54-31-40-25-17-18-30-45(40)65(41-26-13-5-14-27-41)42-28-15-6-16-29-42/h2-30,43-44,46-57H,31-36H2,1H3/t43-,44-,46-,47-,48-,49-,50+,51-,52+,53+/m1/s1. The monoisotopic (exact) mass is 899 g/mol. The molecule has 0 unspecified atom stereocenters. The van der Waals surface area contributed by atoms with Crippen LogP contribution in [0.1, 0.15) is 22.3 Å². The van der Waals surface area contributed by atoms with Crippen LogP contribution in [-0.2, 0) is 59.5 Å². The smallest absolute Gasteiger partial charge is 0.186 e. The summed E-state index contributed by atoms with van der Waals surface area (Å²) in [5.41, 5.74) is 3.87. The van der Waals surface area contributed by atoms with Crippen LogP contribution >= 0.6 is 7.92 Å². The van der Waals surface area contributed by atoms with Crippen molar-refractivity contribution in [2.75, 3.05) is 20.3 Å². The molecule has 11 nitrogen and oxygen atoms in total. The van der Waals surface area contributed by atoms with Crippen molar-refractivity contribution >= 4 is 23.8 Å². The molecule has 65 heavy (non-hydrogen) atoms. The molecule has 8 rings (SSSR count). The zero-order chi connectivity index (χ0) is 44.8. The molecule has 340 valence electrons. The van der Waals surface area contributed by atoms with Crippen LogP contribution in [0.15, 0.2) is 176 Å². The molecule has 2 saturated heterocycles. The predicted molar refractivity (Wildman–Crippen MR) is 250 cm³/mol. The molecule has 6 aromatic carbocycles. The Balaban J connectivity index is 1.12. The van der Waals surface area contributed by atoms with E-state index in [1.807, 2.05) is 115 Å². The van der Waals surface area contributed by atoms with E-state index >= 15 is 0 Å². The van der Waals surface area contributed by atoms with Gasteiger partial charge in [0.2, 0.25) is 0 Å². The van der Waals surface area contributed by atoms with Crippen molar-refractivity contribution < 1.29 is 48.5 Å². The summed E-state index contributed by atoms with van der Waals surface area (Å²) >= 11 is 0. The normalized spacial score (nSPS) is 25.7. The molecule has 6 aromatic rings. The van der Waals surface area contributed by atoms with Crippen molar-refractivity contribution in [2.45, 2.75) is 87.7 Å². The summed E-state index contributed by atoms with van der Waals surface area (Å²) < 4.78 is 46.0. The van der Waals surface area contributed by atoms with Crippen LogP contribution in [0.25, 0.3) is 0 Å². The van der Waals surface area contributed by atoms with Crippen LogP contribution < -0.4 is 21.2 Å². The number of methoxy groups -OCH3 is 1. The van der Waals surface area contributed by atoms with E-state index in [0.717, 1.165) is 27.6 Å². The summed E-state index contributed by atoms with van der Waals surface area (Å²) in [6.45, 7) is 0.566.